The molecular formula is C44H77NO13. The van der Waals surface area contributed by atoms with Gasteiger partial charge in [-0.15, -0.1) is 0 Å². The Kier molecular flexibility index (Phi) is 28.5. The number of allylic oxidation sites excluding steroid dienone is 7. The van der Waals surface area contributed by atoms with Crippen LogP contribution in [0, 0.1) is 0 Å². The first-order chi connectivity index (χ1) is 28.1. The third-order valence-electron chi connectivity index (χ3n) is 10.5. The minimum absolute atomic E-state index is 0.255. The number of aliphatic hydroxyl groups is 8. The molecule has 0 aliphatic carbocycles. The van der Waals surface area contributed by atoms with Crippen molar-refractivity contribution in [3.05, 3.63) is 48.6 Å². The molecule has 14 nitrogen and oxygen atoms in total. The predicted molar refractivity (Wildman–Crippen MR) is 221 cm³/mol. The lowest BCUT2D eigenvalue weighted by Crippen LogP contribution is -2.65. The van der Waals surface area contributed by atoms with Gasteiger partial charge < -0.3 is 65.1 Å². The number of ether oxygens (including phenoxy) is 4. The maximum Gasteiger partial charge on any atom is 0.220 e. The van der Waals surface area contributed by atoms with Gasteiger partial charge in [0.05, 0.1) is 32.0 Å². The van der Waals surface area contributed by atoms with E-state index in [4.69, 9.17) is 18.9 Å². The molecular weight excluding hydrogens is 750 g/mol. The second-order valence-electron chi connectivity index (χ2n) is 15.5. The smallest absolute Gasteiger partial charge is 0.220 e. The van der Waals surface area contributed by atoms with E-state index in [0.717, 1.165) is 70.6 Å². The molecule has 336 valence electrons. The fourth-order valence-corrected chi connectivity index (χ4v) is 6.79. The summed E-state index contributed by atoms with van der Waals surface area (Å²) in [6, 6.07) is -0.935. The molecule has 0 radical (unpaired) electrons. The number of hydrogen-bond acceptors (Lipinski definition) is 13. The molecule has 12 unspecified atom stereocenters. The number of nitrogens with one attached hydrogen (secondary N) is 1. The second kappa shape index (κ2) is 31.8. The van der Waals surface area contributed by atoms with Crippen molar-refractivity contribution in [2.75, 3.05) is 19.8 Å². The molecule has 0 saturated carbocycles. The molecule has 12 atom stereocenters. The maximum atomic E-state index is 13.0. The van der Waals surface area contributed by atoms with Crippen LogP contribution in [-0.4, -0.2) is 140 Å². The zero-order valence-electron chi connectivity index (χ0n) is 35.0. The largest absolute Gasteiger partial charge is 0.394 e. The summed E-state index contributed by atoms with van der Waals surface area (Å²) in [5.74, 6) is -0.271. The molecule has 0 aromatic rings. The Morgan fingerprint density at radius 1 is 0.621 bits per heavy atom. The van der Waals surface area contributed by atoms with Crippen molar-refractivity contribution >= 4 is 5.91 Å². The van der Waals surface area contributed by atoms with Gasteiger partial charge in [0.2, 0.25) is 5.91 Å². The molecule has 2 rings (SSSR count). The number of rotatable bonds is 31. The summed E-state index contributed by atoms with van der Waals surface area (Å²) < 4.78 is 22.5. The number of aliphatic hydroxyl groups excluding tert-OH is 8. The molecule has 2 aliphatic rings. The van der Waals surface area contributed by atoms with Gasteiger partial charge in [0.1, 0.15) is 48.8 Å². The fraction of sp³-hybridized carbons (Fsp3) is 0.795. The SMILES string of the molecule is CCCC/C=C/CC/C=C/C(O)C(COC1OC(CO)C(OC2OC(CO)C(O)C(O)C2O)C(O)C1O)NC(=O)CCCCCCC/C=C\C/C=C\CCCCCC. The summed E-state index contributed by atoms with van der Waals surface area (Å²) in [4.78, 5) is 13.0. The minimum atomic E-state index is -1.79. The van der Waals surface area contributed by atoms with Crippen LogP contribution in [0.3, 0.4) is 0 Å². The maximum absolute atomic E-state index is 13.0. The number of amides is 1. The van der Waals surface area contributed by atoms with Crippen LogP contribution in [0.1, 0.15) is 129 Å². The molecule has 0 bridgehead atoms. The van der Waals surface area contributed by atoms with Crippen molar-refractivity contribution in [2.45, 2.75) is 203 Å². The van der Waals surface area contributed by atoms with Crippen LogP contribution >= 0.6 is 0 Å². The van der Waals surface area contributed by atoms with Crippen molar-refractivity contribution in [1.82, 2.24) is 5.32 Å². The number of unbranched alkanes of at least 4 members (excludes halogenated alkanes) is 12. The van der Waals surface area contributed by atoms with Crippen LogP contribution in [0.4, 0.5) is 0 Å². The van der Waals surface area contributed by atoms with E-state index in [0.29, 0.717) is 12.8 Å². The molecule has 0 spiro atoms. The summed E-state index contributed by atoms with van der Waals surface area (Å²) in [6.45, 7) is 2.62. The van der Waals surface area contributed by atoms with Crippen LogP contribution in [0.5, 0.6) is 0 Å². The average Bonchev–Trinajstić information content (AvgIpc) is 3.22. The second-order valence-corrected chi connectivity index (χ2v) is 15.5. The van der Waals surface area contributed by atoms with Crippen LogP contribution in [0.15, 0.2) is 48.6 Å². The first-order valence-electron chi connectivity index (χ1n) is 21.9. The van der Waals surface area contributed by atoms with Crippen LogP contribution in [0.25, 0.3) is 0 Å². The number of carbonyl (C=O) groups excluding carboxylic acids is 1. The Morgan fingerprint density at radius 2 is 1.17 bits per heavy atom. The lowest BCUT2D eigenvalue weighted by molar-refractivity contribution is -0.359. The van der Waals surface area contributed by atoms with E-state index in [1.807, 2.05) is 6.08 Å². The van der Waals surface area contributed by atoms with Gasteiger partial charge in [-0.2, -0.15) is 0 Å². The van der Waals surface area contributed by atoms with Gasteiger partial charge >= 0.3 is 0 Å². The van der Waals surface area contributed by atoms with Gasteiger partial charge in [-0.1, -0.05) is 114 Å². The van der Waals surface area contributed by atoms with E-state index in [2.05, 4.69) is 55.6 Å². The molecule has 2 saturated heterocycles. The van der Waals surface area contributed by atoms with E-state index in [9.17, 15) is 45.6 Å². The summed E-state index contributed by atoms with van der Waals surface area (Å²) in [6.07, 6.45) is 17.6. The van der Waals surface area contributed by atoms with Gasteiger partial charge in [0.15, 0.2) is 12.6 Å². The Labute approximate surface area is 346 Å². The third kappa shape index (κ3) is 20.0. The highest BCUT2D eigenvalue weighted by atomic mass is 16.7. The van der Waals surface area contributed by atoms with Crippen molar-refractivity contribution < 1.29 is 64.6 Å². The highest BCUT2D eigenvalue weighted by Gasteiger charge is 2.50. The topological polar surface area (TPSA) is 228 Å². The highest BCUT2D eigenvalue weighted by molar-refractivity contribution is 5.76. The Bertz CT molecular complexity index is 1160. The minimum Gasteiger partial charge on any atom is -0.394 e. The van der Waals surface area contributed by atoms with E-state index >= 15 is 0 Å². The zero-order chi connectivity index (χ0) is 42.5. The quantitative estimate of drug-likeness (QED) is 0.0359. The van der Waals surface area contributed by atoms with E-state index < -0.39 is 86.8 Å². The van der Waals surface area contributed by atoms with Gasteiger partial charge in [0, 0.05) is 6.42 Å². The molecule has 2 fully saturated rings. The summed E-state index contributed by atoms with van der Waals surface area (Å²) >= 11 is 0. The monoisotopic (exact) mass is 828 g/mol. The molecule has 0 aromatic heterocycles. The van der Waals surface area contributed by atoms with Gasteiger partial charge in [-0.3, -0.25) is 4.79 Å². The highest BCUT2D eigenvalue weighted by Crippen LogP contribution is 2.29. The Hall–Kier alpha value is -2.05. The van der Waals surface area contributed by atoms with Gasteiger partial charge in [-0.25, -0.2) is 0 Å². The lowest BCUT2D eigenvalue weighted by atomic mass is 9.97. The van der Waals surface area contributed by atoms with E-state index in [1.54, 1.807) is 6.08 Å². The molecule has 2 aliphatic heterocycles. The Balaban J connectivity index is 1.89. The van der Waals surface area contributed by atoms with Crippen molar-refractivity contribution in [1.29, 1.82) is 0 Å². The molecule has 14 heteroatoms. The number of hydrogen-bond donors (Lipinski definition) is 9. The molecule has 1 amide bonds. The number of carbonyl (C=O) groups is 1. The fourth-order valence-electron chi connectivity index (χ4n) is 6.79. The molecule has 0 aromatic carbocycles. The first kappa shape index (κ1) is 52.1. The van der Waals surface area contributed by atoms with Gasteiger partial charge in [-0.05, 0) is 57.8 Å². The van der Waals surface area contributed by atoms with Crippen molar-refractivity contribution in [3.63, 3.8) is 0 Å². The summed E-state index contributed by atoms with van der Waals surface area (Å²) in [5, 5.41) is 86.1. The Morgan fingerprint density at radius 3 is 1.84 bits per heavy atom. The third-order valence-corrected chi connectivity index (χ3v) is 10.5. The van der Waals surface area contributed by atoms with Crippen molar-refractivity contribution in [3.8, 4) is 0 Å². The van der Waals surface area contributed by atoms with E-state index in [1.165, 1.54) is 25.7 Å². The summed E-state index contributed by atoms with van der Waals surface area (Å²) in [7, 11) is 0. The van der Waals surface area contributed by atoms with Crippen molar-refractivity contribution in [2.24, 2.45) is 0 Å². The normalized spacial score (nSPS) is 29.3. The first-order valence-corrected chi connectivity index (χ1v) is 21.9. The predicted octanol–water partition coefficient (Wildman–Crippen LogP) is 3.76. The van der Waals surface area contributed by atoms with Gasteiger partial charge in [0.25, 0.3) is 0 Å². The van der Waals surface area contributed by atoms with Crippen LogP contribution in [0.2, 0.25) is 0 Å². The van der Waals surface area contributed by atoms with Crippen LogP contribution in [-0.2, 0) is 23.7 Å². The van der Waals surface area contributed by atoms with Crippen LogP contribution < -0.4 is 5.32 Å². The molecule has 9 N–H and O–H groups in total. The average molecular weight is 828 g/mol. The zero-order valence-corrected chi connectivity index (χ0v) is 35.0. The summed E-state index contributed by atoms with van der Waals surface area (Å²) in [5.41, 5.74) is 0. The lowest BCUT2D eigenvalue weighted by Gasteiger charge is -2.46. The molecule has 2 heterocycles. The standard InChI is InChI=1S/C44H77NO13/c1-3-5-7-9-11-13-14-15-16-17-18-19-20-22-24-26-28-36(49)45-32(33(48)27-25-23-21-12-10-8-6-4-2)31-55-43-41(54)39(52)42(35(30-47)57-43)58-44-40(53)38(51)37(50)34(29-46)56-44/h10,12-14,16-17,25,27,32-35,37-44,46-48,50-54H,3-9,11,15,18-24,26,28-31H2,1-2H3,(H,45,49)/b12-10+,14-13-,17-16-,27-25+. The molecule has 58 heavy (non-hydrogen) atoms. The van der Waals surface area contributed by atoms with E-state index in [-0.39, 0.29) is 18.9 Å².